The maximum Gasteiger partial charge on any atom is 0.466 e. The van der Waals surface area contributed by atoms with Crippen LogP contribution in [0, 0.1) is 0 Å². The Bertz CT molecular complexity index is 111. The number of nitrogens with two attached hydrogens (primary N) is 1. The van der Waals surface area contributed by atoms with Crippen molar-refractivity contribution in [3.63, 3.8) is 0 Å². The maximum atomic E-state index is 8.88. The summed E-state index contributed by atoms with van der Waals surface area (Å²) in [6, 6.07) is -0.454. The molecule has 11 heavy (non-hydrogen) atoms. The molecule has 0 amide bonds. The fourth-order valence-corrected chi connectivity index (χ4v) is 0.0577. The molecule has 7 N–H and O–H groups in total. The summed E-state index contributed by atoms with van der Waals surface area (Å²) in [4.78, 5) is 21.6. The van der Waals surface area contributed by atoms with E-state index in [0.717, 1.165) is 0 Å². The largest absolute Gasteiger partial charge is 0.466 e. The van der Waals surface area contributed by atoms with Gasteiger partial charge in [-0.15, -0.1) is 0 Å². The maximum absolute atomic E-state index is 8.88. The van der Waals surface area contributed by atoms with Gasteiger partial charge < -0.3 is 30.6 Å². The van der Waals surface area contributed by atoms with E-state index in [1.807, 2.05) is 0 Å². The third-order valence-electron chi connectivity index (χ3n) is 0.469. The summed E-state index contributed by atoms with van der Waals surface area (Å²) in [6.07, 6.45) is 0. The minimum atomic E-state index is -4.64. The van der Waals surface area contributed by atoms with Crippen LogP contribution in [0.4, 0.5) is 0 Å². The van der Waals surface area contributed by atoms with Crippen LogP contribution in [0.1, 0.15) is 0 Å². The highest BCUT2D eigenvalue weighted by molar-refractivity contribution is 7.45. The van der Waals surface area contributed by atoms with E-state index < -0.39 is 13.9 Å². The molecule has 0 bridgehead atoms. The summed E-state index contributed by atoms with van der Waals surface area (Å²) in [6.45, 7) is -0.285. The Morgan fingerprint density at radius 2 is 1.36 bits per heavy atom. The van der Waals surface area contributed by atoms with Gasteiger partial charge in [0.25, 0.3) is 0 Å². The average Bonchev–Trinajstić information content (AvgIpc) is 1.83. The van der Waals surface area contributed by atoms with Gasteiger partial charge in [0.2, 0.25) is 0 Å². The van der Waals surface area contributed by atoms with E-state index in [0.29, 0.717) is 0 Å². The van der Waals surface area contributed by atoms with E-state index >= 15 is 0 Å². The fourth-order valence-electron chi connectivity index (χ4n) is 0.0577. The number of hydrogen-bond acceptors (Lipinski definition) is 4. The first-order valence-corrected chi connectivity index (χ1v) is 4.13. The third-order valence-corrected chi connectivity index (χ3v) is 0.469. The molecule has 0 rings (SSSR count). The van der Waals surface area contributed by atoms with E-state index in [1.54, 1.807) is 0 Å². The van der Waals surface area contributed by atoms with Crippen molar-refractivity contribution < 1.29 is 29.5 Å². The number of aliphatic hydroxyl groups excluding tert-OH is 2. The Morgan fingerprint density at radius 1 is 1.18 bits per heavy atom. The van der Waals surface area contributed by atoms with Gasteiger partial charge >= 0.3 is 7.82 Å². The van der Waals surface area contributed by atoms with Crippen molar-refractivity contribution in [2.24, 2.45) is 5.73 Å². The lowest BCUT2D eigenvalue weighted by Crippen LogP contribution is -2.27. The van der Waals surface area contributed by atoms with Crippen molar-refractivity contribution in [3.8, 4) is 0 Å². The highest BCUT2D eigenvalue weighted by Gasteiger charge is 2.00. The molecular formula is C3H12NO6P. The lowest BCUT2D eigenvalue weighted by Gasteiger charge is -1.98. The van der Waals surface area contributed by atoms with Crippen molar-refractivity contribution in [2.45, 2.75) is 6.04 Å². The van der Waals surface area contributed by atoms with Gasteiger partial charge in [-0.25, -0.2) is 4.57 Å². The SMILES string of the molecule is NC(CO)CO.O=P(O)(O)O. The Hall–Kier alpha value is -0.0100. The first kappa shape index (κ1) is 13.6. The van der Waals surface area contributed by atoms with Crippen LogP contribution in [0.3, 0.4) is 0 Å². The number of aliphatic hydroxyl groups is 2. The first-order valence-electron chi connectivity index (χ1n) is 2.56. The zero-order chi connectivity index (χ0) is 9.49. The molecule has 7 nitrogen and oxygen atoms in total. The van der Waals surface area contributed by atoms with Crippen molar-refractivity contribution in [1.82, 2.24) is 0 Å². The van der Waals surface area contributed by atoms with E-state index in [-0.39, 0.29) is 13.2 Å². The second-order valence-electron chi connectivity index (χ2n) is 1.64. The molecule has 0 atom stereocenters. The van der Waals surface area contributed by atoms with E-state index in [1.165, 1.54) is 0 Å². The molecular weight excluding hydrogens is 177 g/mol. The summed E-state index contributed by atoms with van der Waals surface area (Å²) < 4.78 is 8.88. The predicted octanol–water partition coefficient (Wildman–Crippen LogP) is -2.63. The Balaban J connectivity index is 0. The van der Waals surface area contributed by atoms with Gasteiger partial charge in [-0.1, -0.05) is 0 Å². The second kappa shape index (κ2) is 6.68. The molecule has 0 heterocycles. The van der Waals surface area contributed by atoms with Gasteiger partial charge in [0.1, 0.15) is 0 Å². The van der Waals surface area contributed by atoms with Crippen LogP contribution in [0.15, 0.2) is 0 Å². The predicted molar refractivity (Wildman–Crippen MR) is 36.4 cm³/mol. The monoisotopic (exact) mass is 189 g/mol. The van der Waals surface area contributed by atoms with Crippen molar-refractivity contribution >= 4 is 7.82 Å². The van der Waals surface area contributed by atoms with Gasteiger partial charge in [0.15, 0.2) is 0 Å². The lowest BCUT2D eigenvalue weighted by atomic mass is 10.4. The molecule has 0 aliphatic heterocycles. The highest BCUT2D eigenvalue weighted by atomic mass is 31.2. The molecule has 0 aromatic rings. The molecule has 0 saturated carbocycles. The van der Waals surface area contributed by atoms with Crippen LogP contribution in [-0.4, -0.2) is 44.1 Å². The first-order chi connectivity index (χ1) is 4.81. The lowest BCUT2D eigenvalue weighted by molar-refractivity contribution is 0.194. The van der Waals surface area contributed by atoms with E-state index in [2.05, 4.69) is 0 Å². The second-order valence-corrected chi connectivity index (χ2v) is 2.67. The van der Waals surface area contributed by atoms with Gasteiger partial charge in [-0.3, -0.25) is 0 Å². The van der Waals surface area contributed by atoms with Crippen LogP contribution < -0.4 is 5.73 Å². The Labute approximate surface area is 63.3 Å². The quantitative estimate of drug-likeness (QED) is 0.260. The highest BCUT2D eigenvalue weighted by Crippen LogP contribution is 2.25. The molecule has 0 aliphatic carbocycles. The van der Waals surface area contributed by atoms with E-state index in [4.69, 9.17) is 35.2 Å². The van der Waals surface area contributed by atoms with Crippen LogP contribution in [-0.2, 0) is 4.57 Å². The summed E-state index contributed by atoms with van der Waals surface area (Å²) >= 11 is 0. The normalized spacial score (nSPS) is 10.8. The molecule has 0 aromatic heterocycles. The third kappa shape index (κ3) is 40.1. The van der Waals surface area contributed by atoms with Crippen LogP contribution in [0.5, 0.6) is 0 Å². The molecule has 0 fully saturated rings. The van der Waals surface area contributed by atoms with Gasteiger partial charge in [0, 0.05) is 0 Å². The number of rotatable bonds is 2. The number of hydrogen-bond donors (Lipinski definition) is 6. The minimum absolute atomic E-state index is 0.142. The van der Waals surface area contributed by atoms with Crippen LogP contribution in [0.2, 0.25) is 0 Å². The molecule has 0 aliphatic rings. The Morgan fingerprint density at radius 3 is 1.36 bits per heavy atom. The zero-order valence-electron chi connectivity index (χ0n) is 5.66. The van der Waals surface area contributed by atoms with Gasteiger partial charge in [0.05, 0.1) is 19.3 Å². The van der Waals surface area contributed by atoms with Crippen molar-refractivity contribution in [1.29, 1.82) is 0 Å². The van der Waals surface area contributed by atoms with Crippen LogP contribution in [0.25, 0.3) is 0 Å². The molecule has 0 spiro atoms. The molecule has 0 aromatic carbocycles. The summed E-state index contributed by atoms with van der Waals surface area (Å²) in [7, 11) is -4.64. The van der Waals surface area contributed by atoms with Gasteiger partial charge in [-0.05, 0) is 0 Å². The Kier molecular flexibility index (Phi) is 8.25. The summed E-state index contributed by atoms with van der Waals surface area (Å²) in [5, 5.41) is 16.1. The van der Waals surface area contributed by atoms with Gasteiger partial charge in [-0.2, -0.15) is 0 Å². The molecule has 8 heteroatoms. The smallest absolute Gasteiger partial charge is 0.395 e. The van der Waals surface area contributed by atoms with Crippen molar-refractivity contribution in [3.05, 3.63) is 0 Å². The van der Waals surface area contributed by atoms with E-state index in [9.17, 15) is 0 Å². The molecule has 70 valence electrons. The summed E-state index contributed by atoms with van der Waals surface area (Å²) in [5.74, 6) is 0. The standard InChI is InChI=1S/C3H9NO2.H3O4P/c4-3(1-5)2-6;1-5(2,3)4/h3,5-6H,1-2,4H2;(H3,1,2,3,4). The average molecular weight is 189 g/mol. The topological polar surface area (TPSA) is 144 Å². The fraction of sp³-hybridized carbons (Fsp3) is 1.00. The zero-order valence-corrected chi connectivity index (χ0v) is 6.55. The molecule has 0 radical (unpaired) electrons. The van der Waals surface area contributed by atoms with Crippen LogP contribution >= 0.6 is 7.82 Å². The molecule has 0 unspecified atom stereocenters. The molecule has 0 saturated heterocycles. The van der Waals surface area contributed by atoms with Crippen molar-refractivity contribution in [2.75, 3.05) is 13.2 Å². The number of phosphoric acid groups is 1. The summed E-state index contributed by atoms with van der Waals surface area (Å²) in [5.41, 5.74) is 4.97. The minimum Gasteiger partial charge on any atom is -0.395 e.